The minimum absolute atomic E-state index is 0.270. The largest absolute Gasteiger partial charge is 0.492 e. The molecule has 0 radical (unpaired) electrons. The number of carbonyl (C=O) groups excluding carboxylic acids is 2. The van der Waals surface area contributed by atoms with Crippen LogP contribution in [0.15, 0.2) is 70.5 Å². The second kappa shape index (κ2) is 8.10. The van der Waals surface area contributed by atoms with Crippen molar-refractivity contribution in [2.45, 2.75) is 12.0 Å². The predicted molar refractivity (Wildman–Crippen MR) is 116 cm³/mol. The maximum Gasteiger partial charge on any atom is 0.264 e. The van der Waals surface area contributed by atoms with Gasteiger partial charge in [-0.2, -0.15) is 0 Å². The topological polar surface area (TPSA) is 66.8 Å². The standard InChI is InChI=1S/C22H18BrNO4S/c23-20-11-10-19(29-20)18(25)14-22(27)16-8-4-5-9-17(16)24(21(22)26)12-13-28-15-6-2-1-3-7-15/h1-11,27H,12-14H2/t22-/m1/s1. The number of aliphatic hydroxyl groups is 1. The first-order chi connectivity index (χ1) is 14.0. The van der Waals surface area contributed by atoms with E-state index in [0.717, 1.165) is 3.79 Å². The monoisotopic (exact) mass is 471 g/mol. The number of benzene rings is 2. The highest BCUT2D eigenvalue weighted by Gasteiger charge is 2.50. The fourth-order valence-electron chi connectivity index (χ4n) is 3.45. The lowest BCUT2D eigenvalue weighted by atomic mass is 9.89. The summed E-state index contributed by atoms with van der Waals surface area (Å²) in [7, 11) is 0. The number of ether oxygens (including phenoxy) is 1. The molecule has 0 aliphatic carbocycles. The number of hydrogen-bond acceptors (Lipinski definition) is 5. The maximum atomic E-state index is 13.2. The van der Waals surface area contributed by atoms with E-state index in [0.29, 0.717) is 21.9 Å². The summed E-state index contributed by atoms with van der Waals surface area (Å²) >= 11 is 4.62. The third-order valence-electron chi connectivity index (χ3n) is 4.83. The van der Waals surface area contributed by atoms with Gasteiger partial charge in [0.25, 0.3) is 5.91 Å². The van der Waals surface area contributed by atoms with Crippen molar-refractivity contribution in [3.63, 3.8) is 0 Å². The van der Waals surface area contributed by atoms with Crippen LogP contribution in [0.1, 0.15) is 21.7 Å². The average molecular weight is 472 g/mol. The van der Waals surface area contributed by atoms with Gasteiger partial charge in [0.2, 0.25) is 0 Å². The van der Waals surface area contributed by atoms with Crippen molar-refractivity contribution in [2.75, 3.05) is 18.1 Å². The SMILES string of the molecule is O=C(C[C@]1(O)C(=O)N(CCOc2ccccc2)c2ccccc21)c1ccc(Br)s1. The van der Waals surface area contributed by atoms with E-state index in [4.69, 9.17) is 4.74 Å². The summed E-state index contributed by atoms with van der Waals surface area (Å²) in [6.45, 7) is 0.539. The average Bonchev–Trinajstić information content (AvgIpc) is 3.25. The van der Waals surface area contributed by atoms with Crippen molar-refractivity contribution in [3.05, 3.63) is 81.0 Å². The van der Waals surface area contributed by atoms with Crippen LogP contribution in [0.25, 0.3) is 0 Å². The molecule has 1 amide bonds. The lowest BCUT2D eigenvalue weighted by Crippen LogP contribution is -2.43. The van der Waals surface area contributed by atoms with E-state index in [2.05, 4.69) is 15.9 Å². The molecule has 0 unspecified atom stereocenters. The van der Waals surface area contributed by atoms with Gasteiger partial charge in [0.1, 0.15) is 12.4 Å². The van der Waals surface area contributed by atoms with Gasteiger partial charge in [0.15, 0.2) is 11.4 Å². The van der Waals surface area contributed by atoms with Crippen molar-refractivity contribution < 1.29 is 19.4 Å². The maximum absolute atomic E-state index is 13.2. The number of halogens is 1. The minimum atomic E-state index is -1.88. The number of carbonyl (C=O) groups is 2. The number of rotatable bonds is 7. The molecular weight excluding hydrogens is 454 g/mol. The molecule has 1 aliphatic heterocycles. The van der Waals surface area contributed by atoms with E-state index in [-0.39, 0.29) is 25.4 Å². The Morgan fingerprint density at radius 3 is 2.52 bits per heavy atom. The predicted octanol–water partition coefficient (Wildman–Crippen LogP) is 4.40. The zero-order chi connectivity index (χ0) is 20.4. The number of fused-ring (bicyclic) bond motifs is 1. The molecule has 0 bridgehead atoms. The highest BCUT2D eigenvalue weighted by atomic mass is 79.9. The van der Waals surface area contributed by atoms with E-state index in [1.165, 1.54) is 16.2 Å². The number of thiophene rings is 1. The third kappa shape index (κ3) is 3.85. The van der Waals surface area contributed by atoms with Gasteiger partial charge in [0, 0.05) is 5.56 Å². The van der Waals surface area contributed by atoms with Gasteiger partial charge in [0.05, 0.1) is 27.3 Å². The normalized spacial score (nSPS) is 18.0. The lowest BCUT2D eigenvalue weighted by Gasteiger charge is -2.22. The van der Waals surface area contributed by atoms with Crippen LogP contribution in [0.5, 0.6) is 5.75 Å². The Hall–Kier alpha value is -2.48. The molecule has 3 aromatic rings. The molecule has 1 atom stereocenters. The summed E-state index contributed by atoms with van der Waals surface area (Å²) in [5.74, 6) is -0.0609. The van der Waals surface area contributed by atoms with Crippen LogP contribution in [0.4, 0.5) is 5.69 Å². The second-order valence-electron chi connectivity index (χ2n) is 6.70. The Kier molecular flexibility index (Phi) is 5.54. The van der Waals surface area contributed by atoms with Gasteiger partial charge in [-0.25, -0.2) is 0 Å². The fourth-order valence-corrected chi connectivity index (χ4v) is 4.78. The van der Waals surface area contributed by atoms with E-state index < -0.39 is 11.5 Å². The first kappa shape index (κ1) is 19.8. The number of para-hydroxylation sites is 2. The number of anilines is 1. The molecule has 1 N–H and O–H groups in total. The van der Waals surface area contributed by atoms with E-state index in [1.54, 1.807) is 36.4 Å². The Morgan fingerprint density at radius 2 is 1.79 bits per heavy atom. The van der Waals surface area contributed by atoms with Crippen LogP contribution < -0.4 is 9.64 Å². The zero-order valence-corrected chi connectivity index (χ0v) is 17.8. The summed E-state index contributed by atoms with van der Waals surface area (Å²) < 4.78 is 6.53. The number of ketones is 1. The molecule has 0 saturated carbocycles. The van der Waals surface area contributed by atoms with Crippen molar-refractivity contribution in [3.8, 4) is 5.75 Å². The van der Waals surface area contributed by atoms with Crippen molar-refractivity contribution in [1.29, 1.82) is 0 Å². The van der Waals surface area contributed by atoms with Gasteiger partial charge >= 0.3 is 0 Å². The van der Waals surface area contributed by atoms with Crippen LogP contribution >= 0.6 is 27.3 Å². The summed E-state index contributed by atoms with van der Waals surface area (Å²) in [6.07, 6.45) is -0.300. The van der Waals surface area contributed by atoms with Crippen LogP contribution in [0, 0.1) is 0 Å². The van der Waals surface area contributed by atoms with E-state index in [9.17, 15) is 14.7 Å². The minimum Gasteiger partial charge on any atom is -0.492 e. The lowest BCUT2D eigenvalue weighted by molar-refractivity contribution is -0.135. The molecule has 148 valence electrons. The smallest absolute Gasteiger partial charge is 0.264 e. The molecule has 1 aliphatic rings. The van der Waals surface area contributed by atoms with Crippen molar-refractivity contribution in [2.24, 2.45) is 0 Å². The fraction of sp³-hybridized carbons (Fsp3) is 0.182. The summed E-state index contributed by atoms with van der Waals surface area (Å²) in [5, 5.41) is 11.3. The van der Waals surface area contributed by atoms with Gasteiger partial charge in [-0.05, 0) is 46.3 Å². The van der Waals surface area contributed by atoms with E-state index >= 15 is 0 Å². The Bertz CT molecular complexity index is 1050. The number of Topliss-reactive ketones (excluding diaryl/α,β-unsaturated/α-hetero) is 1. The zero-order valence-electron chi connectivity index (χ0n) is 15.4. The summed E-state index contributed by atoms with van der Waals surface area (Å²) in [5.41, 5.74) is -0.817. The van der Waals surface area contributed by atoms with Crippen molar-refractivity contribution >= 4 is 44.6 Å². The molecule has 4 rings (SSSR count). The first-order valence-corrected chi connectivity index (χ1v) is 10.7. The van der Waals surface area contributed by atoms with Gasteiger partial charge < -0.3 is 14.7 Å². The third-order valence-corrected chi connectivity index (χ3v) is 6.50. The van der Waals surface area contributed by atoms with Gasteiger partial charge in [-0.3, -0.25) is 9.59 Å². The van der Waals surface area contributed by atoms with Crippen LogP contribution in [0.3, 0.4) is 0 Å². The number of hydrogen-bond donors (Lipinski definition) is 1. The molecule has 0 saturated heterocycles. The Morgan fingerprint density at radius 1 is 1.07 bits per heavy atom. The molecule has 2 heterocycles. The molecule has 0 spiro atoms. The highest BCUT2D eigenvalue weighted by Crippen LogP contribution is 2.43. The molecule has 0 fully saturated rings. The van der Waals surface area contributed by atoms with Crippen LogP contribution in [-0.2, 0) is 10.4 Å². The molecule has 1 aromatic heterocycles. The quantitative estimate of drug-likeness (QED) is 0.518. The molecule has 5 nitrogen and oxygen atoms in total. The van der Waals surface area contributed by atoms with Crippen LogP contribution in [0.2, 0.25) is 0 Å². The molecule has 29 heavy (non-hydrogen) atoms. The Balaban J connectivity index is 1.54. The molecular formula is C22H18BrNO4S. The Labute approximate surface area is 180 Å². The van der Waals surface area contributed by atoms with Crippen molar-refractivity contribution in [1.82, 2.24) is 0 Å². The number of amides is 1. The van der Waals surface area contributed by atoms with Crippen LogP contribution in [-0.4, -0.2) is 29.9 Å². The van der Waals surface area contributed by atoms with E-state index in [1.807, 2.05) is 30.3 Å². The summed E-state index contributed by atoms with van der Waals surface area (Å²) in [4.78, 5) is 27.9. The van der Waals surface area contributed by atoms with Gasteiger partial charge in [-0.15, -0.1) is 11.3 Å². The molecule has 2 aromatic carbocycles. The molecule has 7 heteroatoms. The first-order valence-electron chi connectivity index (χ1n) is 9.09. The highest BCUT2D eigenvalue weighted by molar-refractivity contribution is 9.11. The second-order valence-corrected chi connectivity index (χ2v) is 9.16. The summed E-state index contributed by atoms with van der Waals surface area (Å²) in [6, 6.07) is 19.8. The van der Waals surface area contributed by atoms with Gasteiger partial charge in [-0.1, -0.05) is 36.4 Å². The number of nitrogens with zero attached hydrogens (tertiary/aromatic N) is 1.